The van der Waals surface area contributed by atoms with Crippen LogP contribution in [0.2, 0.25) is 0 Å². The van der Waals surface area contributed by atoms with Crippen molar-refractivity contribution in [2.24, 2.45) is 0 Å². The Balaban J connectivity index is 1.28. The molecule has 1 aliphatic rings. The number of sulfonamides is 1. The summed E-state index contributed by atoms with van der Waals surface area (Å²) in [7, 11) is -4.11. The number of ketones is 1. The zero-order chi connectivity index (χ0) is 27.1. The summed E-state index contributed by atoms with van der Waals surface area (Å²) >= 11 is 0. The zero-order valence-corrected chi connectivity index (χ0v) is 20.7. The van der Waals surface area contributed by atoms with Gasteiger partial charge in [0.2, 0.25) is 5.09 Å². The molecule has 1 saturated heterocycles. The molecule has 38 heavy (non-hydrogen) atoms. The van der Waals surface area contributed by atoms with E-state index in [1.54, 1.807) is 24.3 Å². The SMILES string of the molecule is O=C(CCc1cccc(-c2ccc(C(F)(F)F)cn2)c1)[C@@H]1CCCN1S(=O)(=O)c1cc2cc(F)ccc2o1. The number of Topliss-reactive ketones (excluding diaryl/α,β-unsaturated/α-hetero) is 1. The Bertz CT molecular complexity index is 1600. The highest BCUT2D eigenvalue weighted by molar-refractivity contribution is 7.89. The maximum Gasteiger partial charge on any atom is 0.417 e. The van der Waals surface area contributed by atoms with Crippen molar-refractivity contribution in [3.8, 4) is 11.3 Å². The number of hydrogen-bond donors (Lipinski definition) is 0. The van der Waals surface area contributed by atoms with Gasteiger partial charge in [-0.1, -0.05) is 18.2 Å². The molecule has 4 aromatic rings. The van der Waals surface area contributed by atoms with E-state index >= 15 is 0 Å². The second-order valence-corrected chi connectivity index (χ2v) is 10.9. The number of carbonyl (C=O) groups excluding carboxylic acids is 1. The predicted molar refractivity (Wildman–Crippen MR) is 131 cm³/mol. The number of rotatable bonds is 7. The fourth-order valence-corrected chi connectivity index (χ4v) is 6.26. The maximum absolute atomic E-state index is 13.5. The predicted octanol–water partition coefficient (Wildman–Crippen LogP) is 6.01. The van der Waals surface area contributed by atoms with Crippen molar-refractivity contribution < 1.29 is 35.2 Å². The molecule has 198 valence electrons. The summed E-state index contributed by atoms with van der Waals surface area (Å²) in [6.45, 7) is 0.166. The first kappa shape index (κ1) is 26.1. The van der Waals surface area contributed by atoms with Crippen molar-refractivity contribution in [2.45, 2.75) is 43.0 Å². The number of benzene rings is 2. The average Bonchev–Trinajstić information content (AvgIpc) is 3.55. The lowest BCUT2D eigenvalue weighted by Gasteiger charge is -2.21. The lowest BCUT2D eigenvalue weighted by molar-refractivity contribution is -0.137. The summed E-state index contributed by atoms with van der Waals surface area (Å²) in [5.41, 5.74) is 1.13. The van der Waals surface area contributed by atoms with Crippen molar-refractivity contribution in [3.05, 3.63) is 83.8 Å². The molecule has 0 amide bonds. The molecule has 2 aromatic carbocycles. The van der Waals surface area contributed by atoms with Crippen LogP contribution in [0.25, 0.3) is 22.2 Å². The van der Waals surface area contributed by atoms with E-state index in [0.29, 0.717) is 35.9 Å². The van der Waals surface area contributed by atoms with Crippen LogP contribution in [0.5, 0.6) is 0 Å². The Hall–Kier alpha value is -3.57. The van der Waals surface area contributed by atoms with Gasteiger partial charge in [0.1, 0.15) is 11.4 Å². The van der Waals surface area contributed by atoms with Gasteiger partial charge < -0.3 is 4.42 Å². The molecule has 1 atom stereocenters. The topological polar surface area (TPSA) is 80.5 Å². The number of halogens is 4. The van der Waals surface area contributed by atoms with Gasteiger partial charge in [-0.3, -0.25) is 9.78 Å². The van der Waals surface area contributed by atoms with E-state index in [1.807, 2.05) is 0 Å². The van der Waals surface area contributed by atoms with Crippen LogP contribution in [0.4, 0.5) is 17.6 Å². The molecule has 2 aromatic heterocycles. The summed E-state index contributed by atoms with van der Waals surface area (Å²) in [4.78, 5) is 17.0. The van der Waals surface area contributed by atoms with E-state index in [-0.39, 0.29) is 29.4 Å². The Kier molecular flexibility index (Phi) is 6.83. The molecule has 0 unspecified atom stereocenters. The third kappa shape index (κ3) is 5.21. The number of pyridine rings is 1. The number of furan rings is 1. The second-order valence-electron chi connectivity index (χ2n) is 9.12. The number of carbonyl (C=O) groups is 1. The van der Waals surface area contributed by atoms with Crippen LogP contribution in [-0.2, 0) is 27.4 Å². The number of fused-ring (bicyclic) bond motifs is 1. The molecule has 3 heterocycles. The van der Waals surface area contributed by atoms with Crippen molar-refractivity contribution in [3.63, 3.8) is 0 Å². The van der Waals surface area contributed by atoms with Crippen LogP contribution in [0.1, 0.15) is 30.4 Å². The fourth-order valence-electron chi connectivity index (χ4n) is 4.63. The van der Waals surface area contributed by atoms with Crippen LogP contribution in [0, 0.1) is 5.82 Å². The molecule has 11 heteroatoms. The third-order valence-electron chi connectivity index (χ3n) is 6.57. The lowest BCUT2D eigenvalue weighted by atomic mass is 10.00. The van der Waals surface area contributed by atoms with Crippen molar-refractivity contribution in [2.75, 3.05) is 6.54 Å². The maximum atomic E-state index is 13.5. The van der Waals surface area contributed by atoms with Gasteiger partial charge >= 0.3 is 6.18 Å². The van der Waals surface area contributed by atoms with Crippen molar-refractivity contribution in [1.29, 1.82) is 0 Å². The van der Waals surface area contributed by atoms with Gasteiger partial charge in [0.15, 0.2) is 5.78 Å². The zero-order valence-electron chi connectivity index (χ0n) is 19.9. The number of aryl methyl sites for hydroxylation is 1. The van der Waals surface area contributed by atoms with E-state index in [1.165, 1.54) is 30.3 Å². The first-order valence-corrected chi connectivity index (χ1v) is 13.3. The van der Waals surface area contributed by atoms with E-state index < -0.39 is 33.6 Å². The molecule has 5 rings (SSSR count). The van der Waals surface area contributed by atoms with E-state index in [0.717, 1.165) is 22.1 Å². The third-order valence-corrected chi connectivity index (χ3v) is 8.33. The second kappa shape index (κ2) is 9.95. The molecule has 6 nitrogen and oxygen atoms in total. The minimum atomic E-state index is -4.47. The quantitative estimate of drug-likeness (QED) is 0.265. The number of aromatic nitrogens is 1. The molecular formula is C27H22F4N2O4S. The Morgan fingerprint density at radius 2 is 1.89 bits per heavy atom. The van der Waals surface area contributed by atoms with Crippen LogP contribution >= 0.6 is 0 Å². The Morgan fingerprint density at radius 3 is 2.63 bits per heavy atom. The van der Waals surface area contributed by atoms with Crippen LogP contribution in [-0.4, -0.2) is 36.1 Å². The standard InChI is InChI=1S/C27H22F4N2O4S/c28-21-8-11-25-19(14-21)15-26(37-25)38(35,36)33-12-2-5-23(33)24(34)10-6-17-3-1-4-18(13-17)22-9-7-20(16-32-22)27(29,30)31/h1,3-4,7-9,11,13-16,23H,2,5-6,10,12H2/t23-/m0/s1. The van der Waals surface area contributed by atoms with Gasteiger partial charge in [-0.2, -0.15) is 17.5 Å². The van der Waals surface area contributed by atoms with E-state index in [2.05, 4.69) is 4.98 Å². The summed E-state index contributed by atoms with van der Waals surface area (Å²) < 4.78 is 85.1. The molecule has 0 radical (unpaired) electrons. The summed E-state index contributed by atoms with van der Waals surface area (Å²) in [5.74, 6) is -0.763. The largest absolute Gasteiger partial charge is 0.443 e. The average molecular weight is 547 g/mol. The number of hydrogen-bond acceptors (Lipinski definition) is 5. The van der Waals surface area contributed by atoms with Gasteiger partial charge in [0.05, 0.1) is 17.3 Å². The number of alkyl halides is 3. The van der Waals surface area contributed by atoms with Gasteiger partial charge in [0, 0.05) is 36.2 Å². The Morgan fingerprint density at radius 1 is 1.08 bits per heavy atom. The van der Waals surface area contributed by atoms with Gasteiger partial charge in [-0.15, -0.1) is 0 Å². The summed E-state index contributed by atoms with van der Waals surface area (Å²) in [6, 6.07) is 13.4. The van der Waals surface area contributed by atoms with E-state index in [4.69, 9.17) is 4.42 Å². The molecule has 0 spiro atoms. The minimum Gasteiger partial charge on any atom is -0.443 e. The van der Waals surface area contributed by atoms with Crippen LogP contribution < -0.4 is 0 Å². The molecule has 1 aliphatic heterocycles. The highest BCUT2D eigenvalue weighted by Gasteiger charge is 2.40. The first-order valence-electron chi connectivity index (χ1n) is 11.9. The summed E-state index contributed by atoms with van der Waals surface area (Å²) in [6.07, 6.45) is -2.41. The number of nitrogens with zero attached hydrogens (tertiary/aromatic N) is 2. The normalized spacial score (nSPS) is 16.8. The molecule has 0 bridgehead atoms. The van der Waals surface area contributed by atoms with Gasteiger partial charge in [-0.05, 0) is 61.2 Å². The van der Waals surface area contributed by atoms with Crippen LogP contribution in [0.15, 0.2) is 76.4 Å². The molecule has 0 N–H and O–H groups in total. The van der Waals surface area contributed by atoms with Gasteiger partial charge in [0.25, 0.3) is 10.0 Å². The highest BCUT2D eigenvalue weighted by atomic mass is 32.2. The molecular weight excluding hydrogens is 524 g/mol. The van der Waals surface area contributed by atoms with E-state index in [9.17, 15) is 30.8 Å². The first-order chi connectivity index (χ1) is 18.0. The minimum absolute atomic E-state index is 0.0753. The van der Waals surface area contributed by atoms with Crippen LogP contribution in [0.3, 0.4) is 0 Å². The smallest absolute Gasteiger partial charge is 0.417 e. The fraction of sp³-hybridized carbons (Fsp3) is 0.259. The van der Waals surface area contributed by atoms with Gasteiger partial charge in [-0.25, -0.2) is 12.8 Å². The Labute approximate surface area is 215 Å². The molecule has 0 aliphatic carbocycles. The monoisotopic (exact) mass is 546 g/mol. The lowest BCUT2D eigenvalue weighted by Crippen LogP contribution is -2.40. The summed E-state index contributed by atoms with van der Waals surface area (Å²) in [5, 5.41) is -0.0254. The highest BCUT2D eigenvalue weighted by Crippen LogP contribution is 2.32. The van der Waals surface area contributed by atoms with Crippen molar-refractivity contribution in [1.82, 2.24) is 9.29 Å². The van der Waals surface area contributed by atoms with Crippen molar-refractivity contribution >= 4 is 26.8 Å². The molecule has 0 saturated carbocycles. The molecule has 1 fully saturated rings.